The van der Waals surface area contributed by atoms with Crippen molar-refractivity contribution in [1.82, 2.24) is 19.3 Å². The fourth-order valence-electron chi connectivity index (χ4n) is 2.85. The molecule has 0 radical (unpaired) electrons. The maximum Gasteiger partial charge on any atom is 0.292 e. The summed E-state index contributed by atoms with van der Waals surface area (Å²) in [6.07, 6.45) is 3.46. The Bertz CT molecular complexity index is 846. The molecule has 0 atom stereocenters. The van der Waals surface area contributed by atoms with Gasteiger partial charge in [0.15, 0.2) is 0 Å². The molecule has 1 N–H and O–H groups in total. The van der Waals surface area contributed by atoms with Crippen LogP contribution in [0.4, 0.5) is 0 Å². The predicted molar refractivity (Wildman–Crippen MR) is 79.4 cm³/mol. The fourth-order valence-corrected chi connectivity index (χ4v) is 2.85. The molecule has 3 heterocycles. The standard InChI is InChI=1S/C15H16N4O2/c20-15-14-16-3-4-19(14)13-2-1-11(9-12(13)17-15)10-18-5-7-21-8-6-18/h1-4,9H,5-8,10H2,(H,17,20). The molecule has 3 aromatic rings. The minimum absolute atomic E-state index is 0.156. The lowest BCUT2D eigenvalue weighted by atomic mass is 10.1. The molecule has 1 aliphatic heterocycles. The van der Waals surface area contributed by atoms with Gasteiger partial charge >= 0.3 is 0 Å². The van der Waals surface area contributed by atoms with Gasteiger partial charge in [0.25, 0.3) is 5.56 Å². The number of benzene rings is 1. The minimum Gasteiger partial charge on any atom is -0.379 e. The van der Waals surface area contributed by atoms with Crippen LogP contribution in [0.1, 0.15) is 5.56 Å². The van der Waals surface area contributed by atoms with Gasteiger partial charge in [-0.1, -0.05) is 6.07 Å². The fraction of sp³-hybridized carbons (Fsp3) is 0.333. The van der Waals surface area contributed by atoms with Gasteiger partial charge < -0.3 is 9.72 Å². The Kier molecular flexibility index (Phi) is 2.98. The number of aromatic nitrogens is 3. The number of aromatic amines is 1. The third-order valence-electron chi connectivity index (χ3n) is 3.92. The minimum atomic E-state index is -0.156. The Hall–Kier alpha value is -2.18. The lowest BCUT2D eigenvalue weighted by Gasteiger charge is -2.26. The van der Waals surface area contributed by atoms with Crippen LogP contribution < -0.4 is 5.56 Å². The molecule has 6 heteroatoms. The zero-order valence-electron chi connectivity index (χ0n) is 11.6. The highest BCUT2D eigenvalue weighted by Gasteiger charge is 2.12. The average Bonchev–Trinajstić information content (AvgIpc) is 2.98. The van der Waals surface area contributed by atoms with Gasteiger partial charge in [0, 0.05) is 32.0 Å². The van der Waals surface area contributed by atoms with E-state index in [-0.39, 0.29) is 5.56 Å². The first-order valence-corrected chi connectivity index (χ1v) is 7.09. The Labute approximate surface area is 121 Å². The number of hydrogen-bond acceptors (Lipinski definition) is 4. The molecule has 0 unspecified atom stereocenters. The van der Waals surface area contributed by atoms with Crippen molar-refractivity contribution in [3.63, 3.8) is 0 Å². The van der Waals surface area contributed by atoms with Crippen molar-refractivity contribution in [2.45, 2.75) is 6.54 Å². The number of rotatable bonds is 2. The molecule has 1 fully saturated rings. The second-order valence-corrected chi connectivity index (χ2v) is 5.31. The number of nitrogens with zero attached hydrogens (tertiary/aromatic N) is 3. The van der Waals surface area contributed by atoms with Crippen LogP contribution in [0, 0.1) is 0 Å². The highest BCUT2D eigenvalue weighted by molar-refractivity contribution is 5.78. The molecule has 1 saturated heterocycles. The number of H-pyrrole nitrogens is 1. The van der Waals surface area contributed by atoms with Crippen LogP contribution >= 0.6 is 0 Å². The second kappa shape index (κ2) is 4.98. The van der Waals surface area contributed by atoms with E-state index in [0.717, 1.165) is 43.9 Å². The van der Waals surface area contributed by atoms with E-state index in [1.807, 2.05) is 22.7 Å². The summed E-state index contributed by atoms with van der Waals surface area (Å²) in [6.45, 7) is 4.37. The van der Waals surface area contributed by atoms with Gasteiger partial charge in [-0.05, 0) is 17.7 Å². The van der Waals surface area contributed by atoms with Crippen molar-refractivity contribution in [2.24, 2.45) is 0 Å². The van der Waals surface area contributed by atoms with Gasteiger partial charge in [0.05, 0.1) is 24.2 Å². The Morgan fingerprint density at radius 3 is 3.00 bits per heavy atom. The Morgan fingerprint density at radius 1 is 1.29 bits per heavy atom. The molecule has 0 aliphatic carbocycles. The van der Waals surface area contributed by atoms with Crippen LogP contribution in [0.2, 0.25) is 0 Å². The van der Waals surface area contributed by atoms with Crippen LogP contribution in [0.5, 0.6) is 0 Å². The Balaban J connectivity index is 1.75. The molecular weight excluding hydrogens is 268 g/mol. The molecule has 2 aromatic heterocycles. The predicted octanol–water partition coefficient (Wildman–Crippen LogP) is 1.01. The third kappa shape index (κ3) is 2.22. The first-order valence-electron chi connectivity index (χ1n) is 7.09. The monoisotopic (exact) mass is 284 g/mol. The number of nitrogens with one attached hydrogen (secondary N) is 1. The van der Waals surface area contributed by atoms with Crippen molar-refractivity contribution in [2.75, 3.05) is 26.3 Å². The largest absolute Gasteiger partial charge is 0.379 e. The van der Waals surface area contributed by atoms with Crippen LogP contribution in [0.15, 0.2) is 35.4 Å². The summed E-state index contributed by atoms with van der Waals surface area (Å²) in [7, 11) is 0. The Morgan fingerprint density at radius 2 is 2.14 bits per heavy atom. The van der Waals surface area contributed by atoms with E-state index in [1.165, 1.54) is 5.56 Å². The summed E-state index contributed by atoms with van der Waals surface area (Å²) in [6, 6.07) is 6.19. The lowest BCUT2D eigenvalue weighted by molar-refractivity contribution is 0.0342. The summed E-state index contributed by atoms with van der Waals surface area (Å²) >= 11 is 0. The molecule has 0 amide bonds. The third-order valence-corrected chi connectivity index (χ3v) is 3.92. The summed E-state index contributed by atoms with van der Waals surface area (Å²) in [5.41, 5.74) is 3.28. The van der Waals surface area contributed by atoms with Crippen LogP contribution in [-0.4, -0.2) is 45.6 Å². The number of imidazole rings is 1. The number of morpholine rings is 1. The van der Waals surface area contributed by atoms with E-state index in [0.29, 0.717) is 5.65 Å². The maximum absolute atomic E-state index is 12.0. The van der Waals surface area contributed by atoms with Crippen molar-refractivity contribution in [3.8, 4) is 0 Å². The molecule has 6 nitrogen and oxygen atoms in total. The van der Waals surface area contributed by atoms with Gasteiger partial charge in [-0.2, -0.15) is 0 Å². The number of fused-ring (bicyclic) bond motifs is 3. The molecule has 0 bridgehead atoms. The highest BCUT2D eigenvalue weighted by Crippen LogP contribution is 2.15. The summed E-state index contributed by atoms with van der Waals surface area (Å²) in [4.78, 5) is 21.3. The topological polar surface area (TPSA) is 62.6 Å². The van der Waals surface area contributed by atoms with Crippen LogP contribution in [0.25, 0.3) is 16.7 Å². The van der Waals surface area contributed by atoms with Crippen LogP contribution in [0.3, 0.4) is 0 Å². The van der Waals surface area contributed by atoms with Gasteiger partial charge in [0.2, 0.25) is 5.65 Å². The number of hydrogen-bond donors (Lipinski definition) is 1. The van der Waals surface area contributed by atoms with Crippen molar-refractivity contribution >= 4 is 16.7 Å². The van der Waals surface area contributed by atoms with Crippen molar-refractivity contribution in [1.29, 1.82) is 0 Å². The van der Waals surface area contributed by atoms with Gasteiger partial charge in [-0.25, -0.2) is 4.98 Å². The molecule has 4 rings (SSSR count). The van der Waals surface area contributed by atoms with E-state index in [9.17, 15) is 4.79 Å². The lowest BCUT2D eigenvalue weighted by Crippen LogP contribution is -2.35. The van der Waals surface area contributed by atoms with E-state index >= 15 is 0 Å². The van der Waals surface area contributed by atoms with Crippen LogP contribution in [-0.2, 0) is 11.3 Å². The van der Waals surface area contributed by atoms with Gasteiger partial charge in [-0.3, -0.25) is 14.1 Å². The SMILES string of the molecule is O=c1[nH]c2cc(CN3CCOCC3)ccc2n2ccnc12. The zero-order chi connectivity index (χ0) is 14.2. The second-order valence-electron chi connectivity index (χ2n) is 5.31. The molecule has 0 spiro atoms. The summed E-state index contributed by atoms with van der Waals surface area (Å²) in [5.74, 6) is 0. The molecule has 1 aliphatic rings. The highest BCUT2D eigenvalue weighted by atomic mass is 16.5. The first kappa shape index (κ1) is 12.6. The average molecular weight is 284 g/mol. The molecule has 108 valence electrons. The molecule has 0 saturated carbocycles. The summed E-state index contributed by atoms with van der Waals surface area (Å²) in [5, 5.41) is 0. The quantitative estimate of drug-likeness (QED) is 0.763. The molecular formula is C15H16N4O2. The molecule has 21 heavy (non-hydrogen) atoms. The van der Waals surface area contributed by atoms with E-state index in [2.05, 4.69) is 20.9 Å². The van der Waals surface area contributed by atoms with Crippen molar-refractivity contribution in [3.05, 3.63) is 46.5 Å². The zero-order valence-corrected chi connectivity index (χ0v) is 11.6. The summed E-state index contributed by atoms with van der Waals surface area (Å²) < 4.78 is 7.19. The normalized spacial score (nSPS) is 16.8. The first-order chi connectivity index (χ1) is 10.3. The van der Waals surface area contributed by atoms with E-state index in [1.54, 1.807) is 6.20 Å². The van der Waals surface area contributed by atoms with E-state index in [4.69, 9.17) is 4.74 Å². The smallest absolute Gasteiger partial charge is 0.292 e. The number of ether oxygens (including phenoxy) is 1. The maximum atomic E-state index is 12.0. The van der Waals surface area contributed by atoms with Crippen molar-refractivity contribution < 1.29 is 4.74 Å². The van der Waals surface area contributed by atoms with Gasteiger partial charge in [-0.15, -0.1) is 0 Å². The van der Waals surface area contributed by atoms with E-state index < -0.39 is 0 Å². The van der Waals surface area contributed by atoms with Gasteiger partial charge in [0.1, 0.15) is 0 Å². The molecule has 1 aromatic carbocycles.